The summed E-state index contributed by atoms with van der Waals surface area (Å²) in [6.45, 7) is 5.73. The molecule has 2 N–H and O–H groups in total. The Kier molecular flexibility index (Phi) is 3.16. The third-order valence-electron chi connectivity index (χ3n) is 6.14. The molecule has 1 aromatic heterocycles. The van der Waals surface area contributed by atoms with Crippen LogP contribution >= 0.6 is 0 Å². The Bertz CT molecular complexity index is 1040. The number of nitrogens with one attached hydrogen (secondary N) is 2. The molecule has 128 valence electrons. The zero-order chi connectivity index (χ0) is 17.1. The highest BCUT2D eigenvalue weighted by molar-refractivity contribution is 5.85. The summed E-state index contributed by atoms with van der Waals surface area (Å²) in [5, 5.41) is 5.10. The molecular formula is C23H21N3. The second kappa shape index (κ2) is 5.57. The van der Waals surface area contributed by atoms with Crippen LogP contribution in [0.2, 0.25) is 0 Å². The molecule has 0 bridgehead atoms. The maximum absolute atomic E-state index is 3.75. The van der Waals surface area contributed by atoms with Crippen LogP contribution in [0.25, 0.3) is 16.5 Å². The highest BCUT2D eigenvalue weighted by Crippen LogP contribution is 2.40. The van der Waals surface area contributed by atoms with Gasteiger partial charge in [0.25, 0.3) is 0 Å². The molecule has 3 nitrogen and oxygen atoms in total. The fourth-order valence-electron chi connectivity index (χ4n) is 4.95. The summed E-state index contributed by atoms with van der Waals surface area (Å²) in [5.74, 6) is 0. The molecule has 0 fully saturated rings. The van der Waals surface area contributed by atoms with E-state index in [1.807, 2.05) is 0 Å². The predicted molar refractivity (Wildman–Crippen MR) is 105 cm³/mol. The van der Waals surface area contributed by atoms with Gasteiger partial charge in [-0.25, -0.2) is 0 Å². The average Bonchev–Trinajstić information content (AvgIpc) is 3.25. The van der Waals surface area contributed by atoms with Crippen molar-refractivity contribution in [3.8, 4) is 0 Å². The van der Waals surface area contributed by atoms with Gasteiger partial charge in [0.1, 0.15) is 6.54 Å². The van der Waals surface area contributed by atoms with Gasteiger partial charge < -0.3 is 4.98 Å². The van der Waals surface area contributed by atoms with Crippen LogP contribution < -0.4 is 5.32 Å². The minimum absolute atomic E-state index is 0.269. The van der Waals surface area contributed by atoms with E-state index in [0.717, 1.165) is 38.0 Å². The molecule has 2 aromatic carbocycles. The van der Waals surface area contributed by atoms with Crippen molar-refractivity contribution in [2.75, 3.05) is 13.1 Å². The molecular weight excluding hydrogens is 318 g/mol. The zero-order valence-electron chi connectivity index (χ0n) is 14.7. The number of hydrogen-bond acceptors (Lipinski definition) is 2. The van der Waals surface area contributed by atoms with Gasteiger partial charge in [-0.1, -0.05) is 42.5 Å². The Morgan fingerprint density at radius 2 is 1.88 bits per heavy atom. The lowest BCUT2D eigenvalue weighted by atomic mass is 9.96. The Hall–Kier alpha value is -2.36. The number of benzene rings is 2. The molecule has 26 heavy (non-hydrogen) atoms. The molecule has 0 saturated heterocycles. The van der Waals surface area contributed by atoms with Crippen molar-refractivity contribution in [2.45, 2.75) is 25.4 Å². The molecule has 1 unspecified atom stereocenters. The van der Waals surface area contributed by atoms with E-state index in [2.05, 4.69) is 70.3 Å². The number of hydrogen-bond donors (Lipinski definition) is 2. The van der Waals surface area contributed by atoms with E-state index in [4.69, 9.17) is 0 Å². The maximum atomic E-state index is 3.75. The fraction of sp³-hybridized carbons (Fsp3) is 0.261. The van der Waals surface area contributed by atoms with Crippen molar-refractivity contribution in [2.24, 2.45) is 0 Å². The molecule has 0 saturated carbocycles. The summed E-state index contributed by atoms with van der Waals surface area (Å²) < 4.78 is 0. The fourth-order valence-corrected chi connectivity index (χ4v) is 4.95. The topological polar surface area (TPSA) is 31.1 Å². The maximum Gasteiger partial charge on any atom is 0.116 e. The summed E-state index contributed by atoms with van der Waals surface area (Å²) in [7, 11) is 0. The second-order valence-corrected chi connectivity index (χ2v) is 7.52. The molecule has 1 atom stereocenters. The summed E-state index contributed by atoms with van der Waals surface area (Å²) in [5.41, 5.74) is 9.85. The molecule has 1 aliphatic carbocycles. The van der Waals surface area contributed by atoms with Crippen molar-refractivity contribution >= 4 is 16.5 Å². The number of rotatable bonds is 1. The van der Waals surface area contributed by atoms with E-state index in [9.17, 15) is 0 Å². The summed E-state index contributed by atoms with van der Waals surface area (Å²) in [6.07, 6.45) is 3.54. The van der Waals surface area contributed by atoms with E-state index < -0.39 is 0 Å². The first-order valence-corrected chi connectivity index (χ1v) is 9.55. The third-order valence-corrected chi connectivity index (χ3v) is 6.14. The highest BCUT2D eigenvalue weighted by atomic mass is 15.3. The second-order valence-electron chi connectivity index (χ2n) is 7.52. The third kappa shape index (κ3) is 2.08. The van der Waals surface area contributed by atoms with Gasteiger partial charge in [-0.2, -0.15) is 0 Å². The van der Waals surface area contributed by atoms with Gasteiger partial charge in [-0.3, -0.25) is 10.2 Å². The molecule has 3 heteroatoms. The predicted octanol–water partition coefficient (Wildman–Crippen LogP) is 3.74. The molecule has 2 radical (unpaired) electrons. The Labute approximate surface area is 153 Å². The SMILES string of the molecule is [C]1c2[nH]c3ccccc3c2CCN1C1NCCC2=C1Cc1ccccc12. The lowest BCUT2D eigenvalue weighted by molar-refractivity contribution is 0.231. The van der Waals surface area contributed by atoms with Gasteiger partial charge in [-0.05, 0) is 53.2 Å². The van der Waals surface area contributed by atoms with Gasteiger partial charge in [0, 0.05) is 29.7 Å². The minimum Gasteiger partial charge on any atom is -0.356 e. The molecule has 6 rings (SSSR count). The van der Waals surface area contributed by atoms with Crippen LogP contribution in [0.3, 0.4) is 0 Å². The first-order valence-electron chi connectivity index (χ1n) is 9.55. The largest absolute Gasteiger partial charge is 0.356 e. The number of aromatic nitrogens is 1. The van der Waals surface area contributed by atoms with Crippen LogP contribution in [0.4, 0.5) is 0 Å². The number of H-pyrrole nitrogens is 1. The lowest BCUT2D eigenvalue weighted by Gasteiger charge is -2.38. The molecule has 0 amide bonds. The molecule has 0 spiro atoms. The van der Waals surface area contributed by atoms with E-state index in [1.165, 1.54) is 27.6 Å². The van der Waals surface area contributed by atoms with Gasteiger partial charge in [0.15, 0.2) is 0 Å². The summed E-state index contributed by atoms with van der Waals surface area (Å²) in [4.78, 5) is 5.95. The van der Waals surface area contributed by atoms with E-state index in [0.29, 0.717) is 0 Å². The first-order chi connectivity index (χ1) is 12.9. The van der Waals surface area contributed by atoms with Gasteiger partial charge in [0.05, 0.1) is 6.17 Å². The average molecular weight is 339 g/mol. The quantitative estimate of drug-likeness (QED) is 0.708. The van der Waals surface area contributed by atoms with Crippen molar-refractivity contribution < 1.29 is 0 Å². The number of fused-ring (bicyclic) bond motifs is 5. The van der Waals surface area contributed by atoms with E-state index in [1.54, 1.807) is 11.1 Å². The number of aromatic amines is 1. The van der Waals surface area contributed by atoms with Crippen molar-refractivity contribution in [3.63, 3.8) is 0 Å². The van der Waals surface area contributed by atoms with Crippen LogP contribution in [0, 0.1) is 6.54 Å². The van der Waals surface area contributed by atoms with Crippen molar-refractivity contribution in [3.05, 3.63) is 83.0 Å². The van der Waals surface area contributed by atoms with Crippen LogP contribution in [-0.4, -0.2) is 29.1 Å². The summed E-state index contributed by atoms with van der Waals surface area (Å²) in [6, 6.07) is 17.5. The standard InChI is InChI=1S/C23H21N3/c1-2-6-16-15(5-1)13-20-17(16)9-11-24-23(20)26-12-10-19-18-7-3-4-8-21(18)25-22(19)14-26/h1-8,23-25H,9-13H2. The van der Waals surface area contributed by atoms with E-state index in [-0.39, 0.29) is 6.17 Å². The highest BCUT2D eigenvalue weighted by Gasteiger charge is 2.35. The first kappa shape index (κ1) is 14.8. The number of nitrogens with zero attached hydrogens (tertiary/aromatic N) is 1. The Morgan fingerprint density at radius 1 is 1.00 bits per heavy atom. The number of para-hydroxylation sites is 1. The van der Waals surface area contributed by atoms with Gasteiger partial charge in [-0.15, -0.1) is 0 Å². The molecule has 3 aromatic rings. The summed E-state index contributed by atoms with van der Waals surface area (Å²) >= 11 is 0. The molecule has 3 aliphatic rings. The van der Waals surface area contributed by atoms with Crippen LogP contribution in [0.1, 0.15) is 28.8 Å². The molecule has 3 heterocycles. The smallest absolute Gasteiger partial charge is 0.116 e. The normalized spacial score (nSPS) is 22.4. The Balaban J connectivity index is 1.35. The Morgan fingerprint density at radius 3 is 2.88 bits per heavy atom. The minimum atomic E-state index is 0.269. The van der Waals surface area contributed by atoms with Crippen LogP contribution in [-0.2, 0) is 12.8 Å². The van der Waals surface area contributed by atoms with Gasteiger partial charge >= 0.3 is 0 Å². The monoisotopic (exact) mass is 339 g/mol. The van der Waals surface area contributed by atoms with Crippen LogP contribution in [0.15, 0.2) is 54.1 Å². The van der Waals surface area contributed by atoms with Crippen LogP contribution in [0.5, 0.6) is 0 Å². The van der Waals surface area contributed by atoms with E-state index >= 15 is 0 Å². The zero-order valence-corrected chi connectivity index (χ0v) is 14.7. The lowest BCUT2D eigenvalue weighted by Crippen LogP contribution is -2.50. The van der Waals surface area contributed by atoms with Crippen molar-refractivity contribution in [1.82, 2.24) is 15.2 Å². The van der Waals surface area contributed by atoms with Gasteiger partial charge in [0.2, 0.25) is 0 Å². The molecule has 2 aliphatic heterocycles. The van der Waals surface area contributed by atoms with Crippen molar-refractivity contribution in [1.29, 1.82) is 0 Å².